The van der Waals surface area contributed by atoms with E-state index in [0.29, 0.717) is 6.61 Å². The minimum atomic E-state index is 0.684. The number of hydrogen-bond donors (Lipinski definition) is 0. The molecule has 0 aliphatic rings. The summed E-state index contributed by atoms with van der Waals surface area (Å²) in [6, 6.07) is 0. The Morgan fingerprint density at radius 2 is 2.20 bits per heavy atom. The Kier molecular flexibility index (Phi) is 4.73. The predicted molar refractivity (Wildman–Crippen MR) is 44.8 cm³/mol. The maximum absolute atomic E-state index is 5.28. The summed E-state index contributed by atoms with van der Waals surface area (Å²) in [6.45, 7) is 10.5. The van der Waals surface area contributed by atoms with Gasteiger partial charge in [-0.1, -0.05) is 19.6 Å². The van der Waals surface area contributed by atoms with Gasteiger partial charge >= 0.3 is 0 Å². The van der Waals surface area contributed by atoms with Crippen molar-refractivity contribution in [2.45, 2.75) is 27.2 Å². The first-order chi connectivity index (χ1) is 4.70. The Bertz CT molecular complexity index is 134. The first-order valence-corrected chi connectivity index (χ1v) is 3.63. The average Bonchev–Trinajstić information content (AvgIpc) is 1.99. The fraction of sp³-hybridized carbons (Fsp3) is 0.556. The average molecular weight is 140 g/mol. The second-order valence-electron chi connectivity index (χ2n) is 2.32. The van der Waals surface area contributed by atoms with Crippen molar-refractivity contribution in [1.29, 1.82) is 0 Å². The SMILES string of the molecule is C=C(CC)OCC(C)=CC. The first-order valence-electron chi connectivity index (χ1n) is 3.63. The highest BCUT2D eigenvalue weighted by Gasteiger charge is 1.90. The molecule has 0 saturated heterocycles. The van der Waals surface area contributed by atoms with Gasteiger partial charge in [-0.3, -0.25) is 0 Å². The van der Waals surface area contributed by atoms with Crippen LogP contribution in [0.1, 0.15) is 27.2 Å². The fourth-order valence-electron chi connectivity index (χ4n) is 0.401. The Morgan fingerprint density at radius 3 is 2.60 bits per heavy atom. The number of allylic oxidation sites excluding steroid dienone is 2. The minimum absolute atomic E-state index is 0.684. The molecule has 1 nitrogen and oxygen atoms in total. The van der Waals surface area contributed by atoms with Gasteiger partial charge in [0.2, 0.25) is 0 Å². The van der Waals surface area contributed by atoms with E-state index in [4.69, 9.17) is 4.74 Å². The molecule has 0 N–H and O–H groups in total. The summed E-state index contributed by atoms with van der Waals surface area (Å²) in [4.78, 5) is 0. The summed E-state index contributed by atoms with van der Waals surface area (Å²) in [6.07, 6.45) is 2.94. The molecule has 0 heterocycles. The van der Waals surface area contributed by atoms with Crippen molar-refractivity contribution in [1.82, 2.24) is 0 Å². The van der Waals surface area contributed by atoms with Crippen LogP contribution in [-0.2, 0) is 4.74 Å². The number of rotatable bonds is 4. The van der Waals surface area contributed by atoms with Crippen LogP contribution in [0.25, 0.3) is 0 Å². The van der Waals surface area contributed by atoms with E-state index in [1.54, 1.807) is 0 Å². The third-order valence-corrected chi connectivity index (χ3v) is 1.39. The highest BCUT2D eigenvalue weighted by atomic mass is 16.5. The van der Waals surface area contributed by atoms with Crippen molar-refractivity contribution in [2.75, 3.05) is 6.61 Å². The monoisotopic (exact) mass is 140 g/mol. The van der Waals surface area contributed by atoms with Crippen LogP contribution in [0.15, 0.2) is 24.0 Å². The summed E-state index contributed by atoms with van der Waals surface area (Å²) < 4.78 is 5.28. The Labute approximate surface area is 63.4 Å². The van der Waals surface area contributed by atoms with E-state index >= 15 is 0 Å². The molecule has 58 valence electrons. The van der Waals surface area contributed by atoms with Crippen LogP contribution >= 0.6 is 0 Å². The molecule has 0 aromatic carbocycles. The second kappa shape index (κ2) is 5.10. The molecule has 0 atom stereocenters. The van der Waals surface area contributed by atoms with Crippen LogP contribution in [0.5, 0.6) is 0 Å². The van der Waals surface area contributed by atoms with Crippen molar-refractivity contribution in [3.63, 3.8) is 0 Å². The van der Waals surface area contributed by atoms with E-state index in [2.05, 4.69) is 6.58 Å². The van der Waals surface area contributed by atoms with E-state index in [-0.39, 0.29) is 0 Å². The predicted octanol–water partition coefficient (Wildman–Crippen LogP) is 2.89. The maximum Gasteiger partial charge on any atom is 0.108 e. The minimum Gasteiger partial charge on any atom is -0.494 e. The first kappa shape index (κ1) is 9.28. The van der Waals surface area contributed by atoms with Gasteiger partial charge in [-0.05, 0) is 19.4 Å². The smallest absolute Gasteiger partial charge is 0.108 e. The molecule has 0 saturated carbocycles. The molecular weight excluding hydrogens is 124 g/mol. The van der Waals surface area contributed by atoms with Crippen molar-refractivity contribution >= 4 is 0 Å². The topological polar surface area (TPSA) is 9.23 Å². The molecule has 0 amide bonds. The van der Waals surface area contributed by atoms with Gasteiger partial charge in [0.05, 0.1) is 5.76 Å². The van der Waals surface area contributed by atoms with Gasteiger partial charge in [-0.15, -0.1) is 0 Å². The highest BCUT2D eigenvalue weighted by Crippen LogP contribution is 2.01. The molecule has 10 heavy (non-hydrogen) atoms. The lowest BCUT2D eigenvalue weighted by atomic mass is 10.3. The van der Waals surface area contributed by atoms with Gasteiger partial charge in [-0.2, -0.15) is 0 Å². The molecule has 0 spiro atoms. The molecule has 0 aromatic rings. The normalized spacial score (nSPS) is 11.3. The molecule has 0 radical (unpaired) electrons. The third kappa shape index (κ3) is 4.19. The van der Waals surface area contributed by atoms with E-state index < -0.39 is 0 Å². The lowest BCUT2D eigenvalue weighted by Gasteiger charge is -2.05. The highest BCUT2D eigenvalue weighted by molar-refractivity contribution is 4.97. The lowest BCUT2D eigenvalue weighted by molar-refractivity contribution is 0.232. The maximum atomic E-state index is 5.28. The van der Waals surface area contributed by atoms with Gasteiger partial charge in [0.1, 0.15) is 6.61 Å². The van der Waals surface area contributed by atoms with E-state index in [0.717, 1.165) is 12.2 Å². The van der Waals surface area contributed by atoms with Gasteiger partial charge < -0.3 is 4.74 Å². The van der Waals surface area contributed by atoms with Gasteiger partial charge in [0, 0.05) is 6.42 Å². The van der Waals surface area contributed by atoms with Crippen molar-refractivity contribution in [2.24, 2.45) is 0 Å². The van der Waals surface area contributed by atoms with Gasteiger partial charge in [0.25, 0.3) is 0 Å². The van der Waals surface area contributed by atoms with Crippen molar-refractivity contribution in [3.8, 4) is 0 Å². The van der Waals surface area contributed by atoms with Crippen LogP contribution in [0, 0.1) is 0 Å². The molecule has 0 aliphatic heterocycles. The van der Waals surface area contributed by atoms with Crippen LogP contribution in [0.4, 0.5) is 0 Å². The molecular formula is C9H16O. The molecule has 0 unspecified atom stereocenters. The molecule has 0 aromatic heterocycles. The molecule has 0 rings (SSSR count). The van der Waals surface area contributed by atoms with Crippen LogP contribution < -0.4 is 0 Å². The van der Waals surface area contributed by atoms with Crippen LogP contribution in [0.2, 0.25) is 0 Å². The van der Waals surface area contributed by atoms with E-state index in [1.807, 2.05) is 26.8 Å². The van der Waals surface area contributed by atoms with E-state index in [9.17, 15) is 0 Å². The lowest BCUT2D eigenvalue weighted by Crippen LogP contribution is -1.93. The molecule has 0 bridgehead atoms. The molecule has 1 heteroatoms. The molecule has 0 fully saturated rings. The zero-order valence-corrected chi connectivity index (χ0v) is 7.11. The van der Waals surface area contributed by atoms with Gasteiger partial charge in [-0.25, -0.2) is 0 Å². The van der Waals surface area contributed by atoms with Crippen LogP contribution in [0.3, 0.4) is 0 Å². The summed E-state index contributed by atoms with van der Waals surface area (Å²) in [5, 5.41) is 0. The van der Waals surface area contributed by atoms with Crippen molar-refractivity contribution < 1.29 is 4.74 Å². The Hall–Kier alpha value is -0.720. The number of ether oxygens (including phenoxy) is 1. The Balaban J connectivity index is 3.45. The zero-order valence-electron chi connectivity index (χ0n) is 7.11. The largest absolute Gasteiger partial charge is 0.494 e. The second-order valence-corrected chi connectivity index (χ2v) is 2.32. The fourth-order valence-corrected chi connectivity index (χ4v) is 0.401. The van der Waals surface area contributed by atoms with Crippen molar-refractivity contribution in [3.05, 3.63) is 24.0 Å². The quantitative estimate of drug-likeness (QED) is 0.431. The third-order valence-electron chi connectivity index (χ3n) is 1.39. The van der Waals surface area contributed by atoms with Gasteiger partial charge in [0.15, 0.2) is 0 Å². The standard InChI is InChI=1S/C9H16O/c1-5-8(3)7-10-9(4)6-2/h5H,4,6-7H2,1-3H3. The zero-order chi connectivity index (χ0) is 7.98. The molecule has 0 aliphatic carbocycles. The Morgan fingerprint density at radius 1 is 1.60 bits per heavy atom. The summed E-state index contributed by atoms with van der Waals surface area (Å²) in [5.41, 5.74) is 1.25. The van der Waals surface area contributed by atoms with E-state index in [1.165, 1.54) is 5.57 Å². The number of hydrogen-bond acceptors (Lipinski definition) is 1. The summed E-state index contributed by atoms with van der Waals surface area (Å²) in [5.74, 6) is 0.862. The summed E-state index contributed by atoms with van der Waals surface area (Å²) >= 11 is 0. The summed E-state index contributed by atoms with van der Waals surface area (Å²) in [7, 11) is 0. The van der Waals surface area contributed by atoms with Crippen LogP contribution in [-0.4, -0.2) is 6.61 Å².